The van der Waals surface area contributed by atoms with Crippen molar-refractivity contribution in [2.24, 2.45) is 0 Å². The average molecular weight is 467 g/mol. The molecule has 0 radical (unpaired) electrons. The number of alkyl halides is 3. The summed E-state index contributed by atoms with van der Waals surface area (Å²) in [6.45, 7) is 4.99. The lowest BCUT2D eigenvalue weighted by Gasteiger charge is -2.30. The lowest BCUT2D eigenvalue weighted by molar-refractivity contribution is -0.758. The van der Waals surface area contributed by atoms with Crippen LogP contribution in [0.2, 0.25) is 5.02 Å². The molecule has 0 spiro atoms. The number of hydrogen-bond acceptors (Lipinski definition) is 6. The van der Waals surface area contributed by atoms with Crippen molar-refractivity contribution in [2.75, 3.05) is 26.4 Å². The molecule has 0 aliphatic carbocycles. The monoisotopic (exact) mass is 466 g/mol. The number of carbonyl (C=O) groups excluding carboxylic acids is 1. The number of hydrogen-bond donors (Lipinski definition) is 1. The maximum absolute atomic E-state index is 13.6. The first-order valence-corrected chi connectivity index (χ1v) is 9.60. The van der Waals surface area contributed by atoms with Gasteiger partial charge in [0.05, 0.1) is 18.8 Å². The highest BCUT2D eigenvalue weighted by atomic mass is 35.5. The van der Waals surface area contributed by atoms with Crippen molar-refractivity contribution in [1.29, 1.82) is 0 Å². The number of nitrogens with one attached hydrogen (secondary N) is 1. The molecular weight excluding hydrogens is 445 g/mol. The zero-order valence-corrected chi connectivity index (χ0v) is 17.8. The molecule has 172 valence electrons. The minimum Gasteiger partial charge on any atom is -0.475 e. The van der Waals surface area contributed by atoms with Crippen LogP contribution in [0, 0.1) is 10.1 Å². The van der Waals surface area contributed by atoms with Gasteiger partial charge < -0.3 is 19.6 Å². The fourth-order valence-corrected chi connectivity index (χ4v) is 3.29. The molecule has 1 atom stereocenters. The number of amides is 1. The third-order valence-electron chi connectivity index (χ3n) is 4.26. The minimum absolute atomic E-state index is 0.0117. The molecule has 0 fully saturated rings. The predicted molar refractivity (Wildman–Crippen MR) is 105 cm³/mol. The van der Waals surface area contributed by atoms with Crippen LogP contribution in [0.15, 0.2) is 17.7 Å². The van der Waals surface area contributed by atoms with E-state index in [9.17, 15) is 28.1 Å². The summed E-state index contributed by atoms with van der Waals surface area (Å²) in [7, 11) is 0. The van der Waals surface area contributed by atoms with E-state index in [4.69, 9.17) is 21.1 Å². The number of benzene rings is 1. The van der Waals surface area contributed by atoms with Crippen molar-refractivity contribution in [3.8, 4) is 5.75 Å². The highest BCUT2D eigenvalue weighted by Gasteiger charge is 2.48. The van der Waals surface area contributed by atoms with Gasteiger partial charge >= 0.3 is 6.18 Å². The van der Waals surface area contributed by atoms with Gasteiger partial charge in [0.1, 0.15) is 12.4 Å². The Morgan fingerprint density at radius 1 is 1.26 bits per heavy atom. The Kier molecular flexibility index (Phi) is 7.77. The maximum Gasteiger partial charge on any atom is 0.429 e. The Labute approximate surface area is 181 Å². The molecule has 1 aliphatic heterocycles. The number of carbonyl (C=O) groups is 1. The number of halogens is 4. The van der Waals surface area contributed by atoms with E-state index in [1.807, 2.05) is 20.8 Å². The molecule has 1 aromatic carbocycles. The molecule has 1 heterocycles. The quantitative estimate of drug-likeness (QED) is 0.356. The lowest BCUT2D eigenvalue weighted by Crippen LogP contribution is -2.44. The van der Waals surface area contributed by atoms with Crippen LogP contribution in [-0.2, 0) is 19.8 Å². The van der Waals surface area contributed by atoms with E-state index in [0.717, 1.165) is 6.08 Å². The highest BCUT2D eigenvalue weighted by molar-refractivity contribution is 6.31. The molecule has 0 unspecified atom stereocenters. The van der Waals surface area contributed by atoms with Crippen molar-refractivity contribution in [3.63, 3.8) is 0 Å². The Balaban J connectivity index is 2.14. The first-order valence-electron chi connectivity index (χ1n) is 9.23. The van der Waals surface area contributed by atoms with Gasteiger partial charge in [0, 0.05) is 17.1 Å². The molecule has 1 aromatic rings. The maximum atomic E-state index is 13.6. The topological polar surface area (TPSA) is 99.9 Å². The fraction of sp³-hybridized carbons (Fsp3) is 0.526. The van der Waals surface area contributed by atoms with E-state index in [0.29, 0.717) is 10.6 Å². The first-order chi connectivity index (χ1) is 14.3. The summed E-state index contributed by atoms with van der Waals surface area (Å²) < 4.78 is 50.9. The van der Waals surface area contributed by atoms with Crippen LogP contribution in [-0.4, -0.2) is 49.6 Å². The van der Waals surface area contributed by atoms with Gasteiger partial charge in [-0.05, 0) is 29.2 Å². The molecule has 0 bridgehead atoms. The van der Waals surface area contributed by atoms with Gasteiger partial charge in [-0.2, -0.15) is 13.2 Å². The molecule has 1 amide bonds. The third-order valence-corrected chi connectivity index (χ3v) is 4.57. The Bertz CT molecular complexity index is 867. The van der Waals surface area contributed by atoms with E-state index in [1.54, 1.807) is 0 Å². The molecule has 1 aliphatic rings. The van der Waals surface area contributed by atoms with Crippen molar-refractivity contribution in [3.05, 3.63) is 44.0 Å². The van der Waals surface area contributed by atoms with Crippen LogP contribution < -0.4 is 10.1 Å². The van der Waals surface area contributed by atoms with Crippen LogP contribution in [0.3, 0.4) is 0 Å². The van der Waals surface area contributed by atoms with E-state index in [2.05, 4.69) is 10.2 Å². The van der Waals surface area contributed by atoms with Crippen molar-refractivity contribution in [2.45, 2.75) is 38.5 Å². The zero-order chi connectivity index (χ0) is 23.4. The summed E-state index contributed by atoms with van der Waals surface area (Å²) in [5, 5.41) is 11.7. The molecule has 2 rings (SSSR count). The second kappa shape index (κ2) is 9.73. The molecule has 31 heavy (non-hydrogen) atoms. The van der Waals surface area contributed by atoms with Gasteiger partial charge in [0.25, 0.3) is 11.0 Å². The summed E-state index contributed by atoms with van der Waals surface area (Å²) in [6, 6.07) is 2.93. The van der Waals surface area contributed by atoms with Crippen LogP contribution in [0.25, 0.3) is 6.08 Å². The molecule has 0 saturated heterocycles. The van der Waals surface area contributed by atoms with Gasteiger partial charge in [-0.15, -0.1) is 10.1 Å². The molecule has 12 heteroatoms. The number of fused-ring (bicyclic) bond motifs is 1. The average Bonchev–Trinajstić information content (AvgIpc) is 2.63. The fourth-order valence-electron chi connectivity index (χ4n) is 2.83. The smallest absolute Gasteiger partial charge is 0.429 e. The summed E-state index contributed by atoms with van der Waals surface area (Å²) in [5.74, 6) is -0.989. The normalized spacial score (nSPS) is 16.1. The van der Waals surface area contributed by atoms with E-state index in [-0.39, 0.29) is 37.7 Å². The van der Waals surface area contributed by atoms with E-state index in [1.165, 1.54) is 12.1 Å². The number of ether oxygens (including phenoxy) is 2. The first kappa shape index (κ1) is 24.7. The molecule has 0 aromatic heterocycles. The van der Waals surface area contributed by atoms with Crippen LogP contribution >= 0.6 is 11.6 Å². The Morgan fingerprint density at radius 3 is 2.52 bits per heavy atom. The predicted octanol–water partition coefficient (Wildman–Crippen LogP) is 3.69. The largest absolute Gasteiger partial charge is 0.475 e. The second-order valence-corrected chi connectivity index (χ2v) is 8.09. The summed E-state index contributed by atoms with van der Waals surface area (Å²) in [6.07, 6.45) is -6.15. The molecular formula is C19H22ClF3N2O6. The number of rotatable bonds is 8. The van der Waals surface area contributed by atoms with E-state index < -0.39 is 34.3 Å². The number of nitrogens with zero attached hydrogens (tertiary/aromatic N) is 1. The standard InChI is InChI=1S/C19H22ClF3N2O6/c1-18(2,3)13-10-15-11(9-14(13)20)8-12(16(31-15)19(21,22)23)17(26)24-4-5-29-6-7-30-25(27)28/h8-10,16H,4-7H2,1-3H3,(H,24,26)/t16-/m0/s1. The van der Waals surface area contributed by atoms with Gasteiger partial charge in [0.2, 0.25) is 6.10 Å². The zero-order valence-electron chi connectivity index (χ0n) is 17.0. The Hall–Kier alpha value is -2.53. The lowest BCUT2D eigenvalue weighted by atomic mass is 9.85. The SMILES string of the molecule is CC(C)(C)c1cc2c(cc1Cl)C=C(C(=O)NCCOCCO[N+](=O)[O-])[C@@H](C(F)(F)F)O2. The molecule has 0 saturated carbocycles. The van der Waals surface area contributed by atoms with Gasteiger partial charge in [-0.1, -0.05) is 32.4 Å². The summed E-state index contributed by atoms with van der Waals surface area (Å²) in [5.41, 5.74) is -0.156. The van der Waals surface area contributed by atoms with Gasteiger partial charge in [-0.25, -0.2) is 0 Å². The van der Waals surface area contributed by atoms with Crippen molar-refractivity contribution < 1.29 is 37.4 Å². The van der Waals surface area contributed by atoms with Crippen molar-refractivity contribution >= 4 is 23.6 Å². The van der Waals surface area contributed by atoms with E-state index >= 15 is 0 Å². The van der Waals surface area contributed by atoms with Gasteiger partial charge in [-0.3, -0.25) is 4.79 Å². The van der Waals surface area contributed by atoms with Crippen molar-refractivity contribution in [1.82, 2.24) is 5.32 Å². The summed E-state index contributed by atoms with van der Waals surface area (Å²) in [4.78, 5) is 26.4. The summed E-state index contributed by atoms with van der Waals surface area (Å²) >= 11 is 6.29. The van der Waals surface area contributed by atoms with Crippen LogP contribution in [0.1, 0.15) is 31.9 Å². The molecule has 1 N–H and O–H groups in total. The second-order valence-electron chi connectivity index (χ2n) is 7.68. The van der Waals surface area contributed by atoms with Crippen LogP contribution in [0.4, 0.5) is 13.2 Å². The minimum atomic E-state index is -4.82. The highest BCUT2D eigenvalue weighted by Crippen LogP contribution is 2.41. The third kappa shape index (κ3) is 6.73. The molecule has 8 nitrogen and oxygen atoms in total. The Morgan fingerprint density at radius 2 is 1.94 bits per heavy atom. The van der Waals surface area contributed by atoms with Gasteiger partial charge in [0.15, 0.2) is 0 Å². The van der Waals surface area contributed by atoms with Crippen LogP contribution in [0.5, 0.6) is 5.75 Å².